The third kappa shape index (κ3) is 7.49. The topological polar surface area (TPSA) is 87.3 Å². The van der Waals surface area contributed by atoms with Crippen LogP contribution < -0.4 is 10.1 Å². The van der Waals surface area contributed by atoms with Gasteiger partial charge in [0, 0.05) is 30.4 Å². The molecule has 0 radical (unpaired) electrons. The molecule has 1 aromatic heterocycles. The van der Waals surface area contributed by atoms with Gasteiger partial charge in [-0.1, -0.05) is 36.8 Å². The Morgan fingerprint density at radius 1 is 1.03 bits per heavy atom. The normalized spacial score (nSPS) is 10.6. The number of nitrogens with one attached hydrogen (secondary N) is 2. The molecule has 0 aliphatic rings. The van der Waals surface area contributed by atoms with Crippen LogP contribution in [0, 0.1) is 0 Å². The number of rotatable bonds is 12. The van der Waals surface area contributed by atoms with Crippen LogP contribution in [0.3, 0.4) is 0 Å². The Balaban J connectivity index is 1.31. The van der Waals surface area contributed by atoms with Crippen LogP contribution in [0.5, 0.6) is 5.75 Å². The molecule has 0 spiro atoms. The van der Waals surface area contributed by atoms with E-state index in [4.69, 9.17) is 4.74 Å². The monoisotopic (exact) mass is 448 g/mol. The fourth-order valence-electron chi connectivity index (χ4n) is 3.47. The van der Waals surface area contributed by atoms with E-state index >= 15 is 0 Å². The average Bonchev–Trinajstić information content (AvgIpc) is 3.32. The summed E-state index contributed by atoms with van der Waals surface area (Å²) in [5, 5.41) is 10.2. The molecule has 0 bridgehead atoms. The molecule has 7 heteroatoms. The molecular weight excluding hydrogens is 416 g/mol. The lowest BCUT2D eigenvalue weighted by Gasteiger charge is -2.17. The molecule has 0 aliphatic carbocycles. The van der Waals surface area contributed by atoms with Crippen LogP contribution in [0.15, 0.2) is 60.7 Å². The SMILES string of the molecule is CCOc1ccc(C(=O)NCC(=O)N(C)CCCCCc2cc(-c3ccccc3)n[nH]2)cc1. The molecule has 2 aromatic carbocycles. The maximum atomic E-state index is 12.3. The number of carbonyl (C=O) groups excluding carboxylic acids is 2. The Kier molecular flexibility index (Phi) is 9.06. The molecule has 0 saturated heterocycles. The Labute approximate surface area is 195 Å². The number of aromatic nitrogens is 2. The quantitative estimate of drug-likeness (QED) is 0.409. The summed E-state index contributed by atoms with van der Waals surface area (Å²) < 4.78 is 5.37. The Morgan fingerprint density at radius 3 is 2.52 bits per heavy atom. The van der Waals surface area contributed by atoms with Gasteiger partial charge in [0.25, 0.3) is 5.91 Å². The van der Waals surface area contributed by atoms with Gasteiger partial charge < -0.3 is 15.0 Å². The summed E-state index contributed by atoms with van der Waals surface area (Å²) in [6, 6.07) is 19.1. The minimum Gasteiger partial charge on any atom is -0.494 e. The number of nitrogens with zero attached hydrogens (tertiary/aromatic N) is 2. The molecule has 1 heterocycles. The second-order valence-corrected chi connectivity index (χ2v) is 7.91. The van der Waals surface area contributed by atoms with Gasteiger partial charge in [0.2, 0.25) is 5.91 Å². The number of benzene rings is 2. The van der Waals surface area contributed by atoms with Crippen LogP contribution in [-0.2, 0) is 11.2 Å². The summed E-state index contributed by atoms with van der Waals surface area (Å²) in [6.07, 6.45) is 3.87. The highest BCUT2D eigenvalue weighted by Crippen LogP contribution is 2.18. The molecule has 174 valence electrons. The van der Waals surface area contributed by atoms with Crippen LogP contribution in [0.25, 0.3) is 11.3 Å². The third-order valence-corrected chi connectivity index (χ3v) is 5.39. The van der Waals surface area contributed by atoms with Gasteiger partial charge in [-0.15, -0.1) is 0 Å². The van der Waals surface area contributed by atoms with Gasteiger partial charge in [-0.2, -0.15) is 5.10 Å². The van der Waals surface area contributed by atoms with Gasteiger partial charge >= 0.3 is 0 Å². The molecule has 7 nitrogen and oxygen atoms in total. The highest BCUT2D eigenvalue weighted by atomic mass is 16.5. The lowest BCUT2D eigenvalue weighted by atomic mass is 10.1. The molecule has 0 atom stereocenters. The Morgan fingerprint density at radius 2 is 1.79 bits per heavy atom. The number of amides is 2. The summed E-state index contributed by atoms with van der Waals surface area (Å²) >= 11 is 0. The van der Waals surface area contributed by atoms with E-state index in [0.717, 1.165) is 42.6 Å². The maximum Gasteiger partial charge on any atom is 0.251 e. The number of hydrogen-bond acceptors (Lipinski definition) is 4. The van der Waals surface area contributed by atoms with Gasteiger partial charge in [-0.25, -0.2) is 0 Å². The number of likely N-dealkylation sites (N-methyl/N-ethyl adjacent to an activating group) is 1. The minimum absolute atomic E-state index is 0.0149. The summed E-state index contributed by atoms with van der Waals surface area (Å²) in [5.74, 6) is 0.346. The van der Waals surface area contributed by atoms with Crippen LogP contribution in [-0.4, -0.2) is 53.7 Å². The van der Waals surface area contributed by atoms with E-state index in [2.05, 4.69) is 21.6 Å². The van der Waals surface area contributed by atoms with Crippen LogP contribution >= 0.6 is 0 Å². The smallest absolute Gasteiger partial charge is 0.251 e. The molecule has 3 aromatic rings. The molecule has 2 amide bonds. The lowest BCUT2D eigenvalue weighted by Crippen LogP contribution is -2.38. The van der Waals surface area contributed by atoms with Crippen molar-refractivity contribution in [3.8, 4) is 17.0 Å². The van der Waals surface area contributed by atoms with Crippen molar-refractivity contribution in [1.29, 1.82) is 0 Å². The molecule has 0 fully saturated rings. The van der Waals surface area contributed by atoms with Crippen molar-refractivity contribution < 1.29 is 14.3 Å². The van der Waals surface area contributed by atoms with E-state index in [-0.39, 0.29) is 18.4 Å². The minimum atomic E-state index is -0.269. The summed E-state index contributed by atoms with van der Waals surface area (Å²) in [5.41, 5.74) is 3.69. The van der Waals surface area contributed by atoms with E-state index in [9.17, 15) is 9.59 Å². The first-order chi connectivity index (χ1) is 16.1. The zero-order valence-corrected chi connectivity index (χ0v) is 19.3. The second-order valence-electron chi connectivity index (χ2n) is 7.91. The van der Waals surface area contributed by atoms with E-state index in [0.29, 0.717) is 24.5 Å². The van der Waals surface area contributed by atoms with Crippen LogP contribution in [0.2, 0.25) is 0 Å². The first-order valence-corrected chi connectivity index (χ1v) is 11.4. The Hall–Kier alpha value is -3.61. The number of aromatic amines is 1. The second kappa shape index (κ2) is 12.4. The fraction of sp³-hybridized carbons (Fsp3) is 0.346. The standard InChI is InChI=1S/C26H32N4O3/c1-3-33-23-15-13-21(14-16-23)26(32)27-19-25(31)30(2)17-9-5-8-12-22-18-24(29-28-22)20-10-6-4-7-11-20/h4,6-7,10-11,13-16,18H,3,5,8-9,12,17,19H2,1-2H3,(H,27,32)(H,28,29). The number of unbranched alkanes of at least 4 members (excludes halogenated alkanes) is 2. The number of ether oxygens (including phenoxy) is 1. The highest BCUT2D eigenvalue weighted by molar-refractivity contribution is 5.96. The van der Waals surface area contributed by atoms with Crippen molar-refractivity contribution in [2.45, 2.75) is 32.6 Å². The fourth-order valence-corrected chi connectivity index (χ4v) is 3.47. The van der Waals surface area contributed by atoms with Crippen molar-refractivity contribution in [3.63, 3.8) is 0 Å². The molecule has 3 rings (SSSR count). The van der Waals surface area contributed by atoms with E-state index in [1.54, 1.807) is 36.2 Å². The largest absolute Gasteiger partial charge is 0.494 e. The van der Waals surface area contributed by atoms with E-state index < -0.39 is 0 Å². The van der Waals surface area contributed by atoms with Crippen molar-refractivity contribution in [3.05, 3.63) is 71.9 Å². The lowest BCUT2D eigenvalue weighted by molar-refractivity contribution is -0.128. The summed E-state index contributed by atoms with van der Waals surface area (Å²) in [6.45, 7) is 3.13. The van der Waals surface area contributed by atoms with Crippen molar-refractivity contribution in [2.75, 3.05) is 26.7 Å². The Bertz CT molecular complexity index is 1020. The van der Waals surface area contributed by atoms with E-state index in [1.165, 1.54) is 0 Å². The van der Waals surface area contributed by atoms with Gasteiger partial charge in [0.05, 0.1) is 18.8 Å². The van der Waals surface area contributed by atoms with Crippen LogP contribution in [0.4, 0.5) is 0 Å². The van der Waals surface area contributed by atoms with Crippen molar-refractivity contribution in [2.24, 2.45) is 0 Å². The first-order valence-electron chi connectivity index (χ1n) is 11.4. The average molecular weight is 449 g/mol. The maximum absolute atomic E-state index is 12.3. The van der Waals surface area contributed by atoms with Gasteiger partial charge in [-0.05, 0) is 56.5 Å². The zero-order valence-electron chi connectivity index (χ0n) is 19.3. The number of aryl methyl sites for hydroxylation is 1. The van der Waals surface area contributed by atoms with Gasteiger partial charge in [0.1, 0.15) is 5.75 Å². The zero-order chi connectivity index (χ0) is 23.5. The summed E-state index contributed by atoms with van der Waals surface area (Å²) in [7, 11) is 1.77. The molecule has 2 N–H and O–H groups in total. The van der Waals surface area contributed by atoms with Crippen molar-refractivity contribution in [1.82, 2.24) is 20.4 Å². The predicted octanol–water partition coefficient (Wildman–Crippen LogP) is 4.08. The van der Waals surface area contributed by atoms with Gasteiger partial charge in [-0.3, -0.25) is 14.7 Å². The van der Waals surface area contributed by atoms with Crippen LogP contribution in [0.1, 0.15) is 42.2 Å². The molecule has 0 saturated carbocycles. The highest BCUT2D eigenvalue weighted by Gasteiger charge is 2.12. The molecule has 0 aliphatic heterocycles. The number of carbonyl (C=O) groups is 2. The number of H-pyrrole nitrogens is 1. The van der Waals surface area contributed by atoms with Gasteiger partial charge in [0.15, 0.2) is 0 Å². The number of hydrogen-bond donors (Lipinski definition) is 2. The molecular formula is C26H32N4O3. The first kappa shape index (κ1) is 24.0. The summed E-state index contributed by atoms with van der Waals surface area (Å²) in [4.78, 5) is 26.2. The molecule has 0 unspecified atom stereocenters. The predicted molar refractivity (Wildman–Crippen MR) is 129 cm³/mol. The third-order valence-electron chi connectivity index (χ3n) is 5.39. The van der Waals surface area contributed by atoms with E-state index in [1.807, 2.05) is 37.3 Å². The molecule has 33 heavy (non-hydrogen) atoms. The van der Waals surface area contributed by atoms with Crippen molar-refractivity contribution >= 4 is 11.8 Å².